The van der Waals surface area contributed by atoms with Crippen LogP contribution in [0.25, 0.3) is 0 Å². The molecule has 2 amide bonds. The zero-order valence-corrected chi connectivity index (χ0v) is 23.3. The number of ether oxygens (including phenoxy) is 2. The number of carbonyl (C=O) groups excluding carboxylic acids is 3. The van der Waals surface area contributed by atoms with Gasteiger partial charge >= 0.3 is 12.1 Å². The molecule has 1 fully saturated rings. The van der Waals surface area contributed by atoms with E-state index in [9.17, 15) is 39.7 Å². The van der Waals surface area contributed by atoms with E-state index in [1.165, 1.54) is 72.1 Å². The first-order valence-electron chi connectivity index (χ1n) is 13.0. The van der Waals surface area contributed by atoms with Gasteiger partial charge in [-0.1, -0.05) is 0 Å². The van der Waals surface area contributed by atoms with Gasteiger partial charge in [-0.15, -0.1) is 11.8 Å². The lowest BCUT2D eigenvalue weighted by Gasteiger charge is -2.44. The second-order valence-corrected chi connectivity index (χ2v) is 10.8. The molecule has 3 atom stereocenters. The summed E-state index contributed by atoms with van der Waals surface area (Å²) in [5.41, 5.74) is 1.12. The lowest BCUT2D eigenvalue weighted by molar-refractivity contribution is -0.385. The first-order valence-corrected chi connectivity index (χ1v) is 14.0. The molecule has 0 spiro atoms. The second-order valence-electron chi connectivity index (χ2n) is 9.65. The van der Waals surface area contributed by atoms with Crippen molar-refractivity contribution >= 4 is 41.1 Å². The van der Waals surface area contributed by atoms with Crippen LogP contribution in [-0.4, -0.2) is 62.3 Å². The van der Waals surface area contributed by atoms with Crippen LogP contribution in [0.2, 0.25) is 0 Å². The van der Waals surface area contributed by atoms with E-state index in [2.05, 4.69) is 5.32 Å². The maximum absolute atomic E-state index is 13.1. The van der Waals surface area contributed by atoms with Crippen LogP contribution in [-0.2, 0) is 32.3 Å². The van der Waals surface area contributed by atoms with Gasteiger partial charge in [0.1, 0.15) is 18.9 Å². The fourth-order valence-electron chi connectivity index (χ4n) is 4.65. The van der Waals surface area contributed by atoms with Gasteiger partial charge in [-0.05, 0) is 54.5 Å². The normalized spacial score (nSPS) is 18.1. The number of aliphatic hydroxyl groups excluding tert-OH is 1. The van der Waals surface area contributed by atoms with Crippen molar-refractivity contribution < 1.29 is 38.8 Å². The van der Waals surface area contributed by atoms with E-state index in [1.807, 2.05) is 0 Å². The van der Waals surface area contributed by atoms with E-state index >= 15 is 0 Å². The Morgan fingerprint density at radius 2 is 1.57 bits per heavy atom. The highest BCUT2D eigenvalue weighted by atomic mass is 32.2. The molecule has 0 aromatic heterocycles. The van der Waals surface area contributed by atoms with Crippen LogP contribution in [0.1, 0.15) is 30.9 Å². The van der Waals surface area contributed by atoms with Gasteiger partial charge in [0, 0.05) is 42.1 Å². The molecule has 2 aromatic rings. The molecule has 15 heteroatoms. The number of nitrogens with one attached hydrogen (secondary N) is 1. The van der Waals surface area contributed by atoms with Crippen molar-refractivity contribution in [3.8, 4) is 0 Å². The van der Waals surface area contributed by atoms with Gasteiger partial charge < -0.3 is 24.8 Å². The van der Waals surface area contributed by atoms with E-state index in [0.717, 1.165) is 0 Å². The maximum Gasteiger partial charge on any atom is 0.407 e. The molecule has 0 bridgehead atoms. The maximum atomic E-state index is 13.1. The highest BCUT2D eigenvalue weighted by Crippen LogP contribution is 2.47. The number of amides is 2. The summed E-state index contributed by atoms with van der Waals surface area (Å²) >= 11 is 1.36. The third-order valence-corrected chi connectivity index (χ3v) is 7.98. The van der Waals surface area contributed by atoms with E-state index in [1.54, 1.807) is 0 Å². The Bertz CT molecular complexity index is 1390. The van der Waals surface area contributed by atoms with Gasteiger partial charge in [-0.3, -0.25) is 25.0 Å². The third kappa shape index (κ3) is 7.03. The summed E-state index contributed by atoms with van der Waals surface area (Å²) < 4.78 is 10.6. The number of carbonyl (C=O) groups is 3. The highest BCUT2D eigenvalue weighted by molar-refractivity contribution is 8.03. The van der Waals surface area contributed by atoms with Crippen molar-refractivity contribution in [1.29, 1.82) is 0 Å². The molecule has 222 valence electrons. The minimum atomic E-state index is -0.873. The number of rotatable bonds is 13. The number of β-lactam (4-membered cyclic amide) rings is 1. The average molecular weight is 601 g/mol. The first-order chi connectivity index (χ1) is 20.1. The van der Waals surface area contributed by atoms with Crippen molar-refractivity contribution in [1.82, 2.24) is 10.2 Å². The molecule has 42 heavy (non-hydrogen) atoms. The molecule has 0 saturated carbocycles. The van der Waals surface area contributed by atoms with Crippen molar-refractivity contribution in [2.75, 3.05) is 12.3 Å². The van der Waals surface area contributed by atoms with E-state index in [-0.39, 0.29) is 48.8 Å². The number of hydrogen-bond acceptors (Lipinski definition) is 11. The Morgan fingerprint density at radius 3 is 2.10 bits per heavy atom. The van der Waals surface area contributed by atoms with Gasteiger partial charge in [-0.25, -0.2) is 9.59 Å². The molecule has 2 N–H and O–H groups in total. The van der Waals surface area contributed by atoms with Crippen molar-refractivity contribution in [2.45, 2.75) is 45.1 Å². The summed E-state index contributed by atoms with van der Waals surface area (Å²) in [5, 5.41) is 34.2. The number of nitro benzene ring substituents is 2. The molecule has 0 unspecified atom stereocenters. The second kappa shape index (κ2) is 13.4. The van der Waals surface area contributed by atoms with Crippen LogP contribution in [0.15, 0.2) is 59.1 Å². The standard InChI is InChI=1S/C27H28N4O10S/c1-16(32)23-21-13-22(42-12-2-11-28-27(35)41-15-18-5-9-20(10-6-18)31(38)39)24(29(21)25(23)33)26(34)40-14-17-3-7-19(8-4-17)30(36)37/h3-10,16,21,23,32H,2,11-15H2,1H3,(H,28,35)/t16-,21+,23+/m0/s1. The first kappa shape index (κ1) is 30.5. The fourth-order valence-corrected chi connectivity index (χ4v) is 5.79. The minimum absolute atomic E-state index is 0.0491. The smallest absolute Gasteiger partial charge is 0.407 e. The fraction of sp³-hybridized carbons (Fsp3) is 0.370. The summed E-state index contributed by atoms with van der Waals surface area (Å²) in [6.45, 7) is 1.62. The van der Waals surface area contributed by atoms with E-state index < -0.39 is 33.9 Å². The minimum Gasteiger partial charge on any atom is -0.456 e. The van der Waals surface area contributed by atoms with Crippen LogP contribution in [0.5, 0.6) is 0 Å². The molecular formula is C27H28N4O10S. The number of thioether (sulfide) groups is 1. The van der Waals surface area contributed by atoms with Gasteiger partial charge in [-0.2, -0.15) is 0 Å². The Kier molecular flexibility index (Phi) is 9.75. The van der Waals surface area contributed by atoms with E-state index in [4.69, 9.17) is 9.47 Å². The van der Waals surface area contributed by atoms with Crippen LogP contribution in [0, 0.1) is 26.1 Å². The lowest BCUT2D eigenvalue weighted by atomic mass is 9.83. The predicted octanol–water partition coefficient (Wildman–Crippen LogP) is 3.42. The van der Waals surface area contributed by atoms with Gasteiger partial charge in [0.25, 0.3) is 11.4 Å². The summed E-state index contributed by atoms with van der Waals surface area (Å²) in [5.74, 6) is -1.17. The number of benzene rings is 2. The Hall–Kier alpha value is -4.50. The van der Waals surface area contributed by atoms with Gasteiger partial charge in [0.05, 0.1) is 27.9 Å². The van der Waals surface area contributed by atoms with Crippen LogP contribution >= 0.6 is 11.8 Å². The van der Waals surface area contributed by atoms with Crippen LogP contribution in [0.4, 0.5) is 16.2 Å². The van der Waals surface area contributed by atoms with Crippen molar-refractivity contribution in [3.63, 3.8) is 0 Å². The number of fused-ring (bicyclic) bond motifs is 1. The molecule has 4 rings (SSSR count). The van der Waals surface area contributed by atoms with Crippen molar-refractivity contribution in [3.05, 3.63) is 90.5 Å². The topological polar surface area (TPSA) is 191 Å². The monoisotopic (exact) mass is 600 g/mol. The number of non-ortho nitro benzene ring substituents is 2. The quantitative estimate of drug-likeness (QED) is 0.113. The van der Waals surface area contributed by atoms with Gasteiger partial charge in [0.15, 0.2) is 0 Å². The number of alkyl carbamates (subject to hydrolysis) is 1. The molecule has 2 heterocycles. The summed E-state index contributed by atoms with van der Waals surface area (Å²) in [6.07, 6.45) is -0.617. The zero-order chi connectivity index (χ0) is 30.4. The van der Waals surface area contributed by atoms with Crippen LogP contribution < -0.4 is 5.32 Å². The number of esters is 1. The molecule has 1 saturated heterocycles. The summed E-state index contributed by atoms with van der Waals surface area (Å²) in [6, 6.07) is 10.9. The summed E-state index contributed by atoms with van der Waals surface area (Å²) in [7, 11) is 0. The summed E-state index contributed by atoms with van der Waals surface area (Å²) in [4.78, 5) is 60.4. The third-order valence-electron chi connectivity index (χ3n) is 6.78. The van der Waals surface area contributed by atoms with Gasteiger partial charge in [0.2, 0.25) is 5.91 Å². The number of hydrogen-bond donors (Lipinski definition) is 2. The number of nitro groups is 2. The Balaban J connectivity index is 1.28. The zero-order valence-electron chi connectivity index (χ0n) is 22.5. The molecule has 2 aromatic carbocycles. The molecule has 2 aliphatic heterocycles. The molecule has 14 nitrogen and oxygen atoms in total. The highest BCUT2D eigenvalue weighted by Gasteiger charge is 2.57. The molecule has 2 aliphatic rings. The Labute approximate surface area is 244 Å². The lowest BCUT2D eigenvalue weighted by Crippen LogP contribution is -2.61. The number of aliphatic hydroxyl groups is 1. The largest absolute Gasteiger partial charge is 0.456 e. The molecule has 0 aliphatic carbocycles. The number of nitrogens with zero attached hydrogens (tertiary/aromatic N) is 3. The van der Waals surface area contributed by atoms with E-state index in [0.29, 0.717) is 34.6 Å². The molecule has 0 radical (unpaired) electrons. The van der Waals surface area contributed by atoms with Crippen molar-refractivity contribution in [2.24, 2.45) is 5.92 Å². The Morgan fingerprint density at radius 1 is 1.02 bits per heavy atom. The van der Waals surface area contributed by atoms with Crippen LogP contribution in [0.3, 0.4) is 0 Å². The average Bonchev–Trinajstić information content (AvgIpc) is 3.28. The predicted molar refractivity (Wildman–Crippen MR) is 149 cm³/mol. The SMILES string of the molecule is C[C@H](O)[C@H]1C(=O)N2C(C(=O)OCc3ccc([N+](=O)[O-])cc3)=C(SCCCNC(=O)OCc3ccc([N+](=O)[O-])cc3)C[C@H]12. The molecular weight excluding hydrogens is 572 g/mol.